The van der Waals surface area contributed by atoms with Crippen LogP contribution < -0.4 is 15.1 Å². The van der Waals surface area contributed by atoms with Gasteiger partial charge in [0.05, 0.1) is 23.5 Å². The van der Waals surface area contributed by atoms with Gasteiger partial charge in [-0.05, 0) is 98.3 Å². The largest absolute Gasteiger partial charge is 0.356 e. The van der Waals surface area contributed by atoms with Crippen molar-refractivity contribution in [1.29, 1.82) is 0 Å². The minimum atomic E-state index is -0.783. The summed E-state index contributed by atoms with van der Waals surface area (Å²) in [6.45, 7) is 3.08. The van der Waals surface area contributed by atoms with Crippen LogP contribution in [-0.4, -0.2) is 85.9 Å². The number of fused-ring (bicyclic) bond motifs is 2. The van der Waals surface area contributed by atoms with Gasteiger partial charge in [0.2, 0.25) is 11.8 Å². The zero-order chi connectivity index (χ0) is 37.8. The fourth-order valence-corrected chi connectivity index (χ4v) is 8.80. The monoisotopic (exact) mass is 745 g/mol. The van der Waals surface area contributed by atoms with Gasteiger partial charge in [-0.1, -0.05) is 24.3 Å². The van der Waals surface area contributed by atoms with E-state index in [0.717, 1.165) is 85.1 Å². The number of pyridine rings is 1. The number of imide groups is 1. The summed E-state index contributed by atoms with van der Waals surface area (Å²) in [5, 5.41) is 7.31. The molecule has 9 rings (SSSR count). The van der Waals surface area contributed by atoms with Crippen molar-refractivity contribution in [3.63, 3.8) is 0 Å². The molecule has 5 aromatic rings. The van der Waals surface area contributed by atoms with Gasteiger partial charge in [0, 0.05) is 45.2 Å². The summed E-state index contributed by atoms with van der Waals surface area (Å²) in [5.41, 5.74) is 4.58. The number of amides is 3. The molecule has 1 N–H and O–H groups in total. The number of piperidine rings is 2. The van der Waals surface area contributed by atoms with Crippen LogP contribution in [0.2, 0.25) is 0 Å². The molecule has 0 saturated carbocycles. The molecule has 14 heteroatoms. The number of benzene rings is 2. The molecule has 2 atom stereocenters. The first-order chi connectivity index (χ1) is 26.7. The fourth-order valence-electron chi connectivity index (χ4n) is 8.80. The SMILES string of the molecule is CN(Cc1cc(F)c2c(c1)CN(C1CCC(=O)NC1=O)C2=O)C1CCN(c2cccc(-c3cnc4ccc(N5CCC[C@@H]5c5cccc(F)c5)nn34)n2)CC1. The van der Waals surface area contributed by atoms with Crippen molar-refractivity contribution in [1.82, 2.24) is 34.7 Å². The van der Waals surface area contributed by atoms with Crippen LogP contribution in [0.3, 0.4) is 0 Å². The molecule has 0 spiro atoms. The summed E-state index contributed by atoms with van der Waals surface area (Å²) >= 11 is 0. The number of rotatable bonds is 8. The number of aromatic nitrogens is 4. The summed E-state index contributed by atoms with van der Waals surface area (Å²) in [6, 6.07) is 19.6. The van der Waals surface area contributed by atoms with Gasteiger partial charge in [0.15, 0.2) is 5.65 Å². The zero-order valence-electron chi connectivity index (χ0n) is 30.5. The lowest BCUT2D eigenvalue weighted by molar-refractivity contribution is -0.136. The molecule has 1 unspecified atom stereocenters. The third-order valence-corrected chi connectivity index (χ3v) is 11.6. The number of hydrogen-bond acceptors (Lipinski definition) is 9. The fraction of sp³-hybridized carbons (Fsp3) is 0.366. The van der Waals surface area contributed by atoms with Crippen LogP contribution in [0.4, 0.5) is 20.4 Å². The molecule has 0 aliphatic carbocycles. The summed E-state index contributed by atoms with van der Waals surface area (Å²) < 4.78 is 31.3. The van der Waals surface area contributed by atoms with Crippen molar-refractivity contribution in [3.8, 4) is 11.4 Å². The highest BCUT2D eigenvalue weighted by molar-refractivity contribution is 6.05. The minimum absolute atomic E-state index is 0.0143. The number of imidazole rings is 1. The van der Waals surface area contributed by atoms with Gasteiger partial charge in [-0.3, -0.25) is 24.6 Å². The molecule has 3 amide bonds. The predicted octanol–water partition coefficient (Wildman–Crippen LogP) is 5.27. The molecule has 3 fully saturated rings. The third kappa shape index (κ3) is 6.58. The van der Waals surface area contributed by atoms with E-state index in [1.807, 2.05) is 54.0 Å². The quantitative estimate of drug-likeness (QED) is 0.212. The molecule has 12 nitrogen and oxygen atoms in total. The molecule has 7 heterocycles. The third-order valence-electron chi connectivity index (χ3n) is 11.6. The average molecular weight is 746 g/mol. The molecule has 55 heavy (non-hydrogen) atoms. The number of carbonyl (C=O) groups excluding carboxylic acids is 3. The van der Waals surface area contributed by atoms with Crippen LogP contribution in [-0.2, 0) is 22.7 Å². The van der Waals surface area contributed by atoms with E-state index in [1.165, 1.54) is 17.0 Å². The van der Waals surface area contributed by atoms with E-state index in [1.54, 1.807) is 18.3 Å². The normalized spacial score (nSPS) is 20.6. The Morgan fingerprint density at radius 1 is 0.873 bits per heavy atom. The van der Waals surface area contributed by atoms with E-state index >= 15 is 4.39 Å². The Hall–Kier alpha value is -5.76. The van der Waals surface area contributed by atoms with Gasteiger partial charge < -0.3 is 14.7 Å². The molecule has 0 bridgehead atoms. The molecule has 3 aromatic heterocycles. The Bertz CT molecular complexity index is 2320. The Morgan fingerprint density at radius 2 is 1.71 bits per heavy atom. The van der Waals surface area contributed by atoms with Gasteiger partial charge in [-0.2, -0.15) is 0 Å². The first-order valence-corrected chi connectivity index (χ1v) is 19.0. The van der Waals surface area contributed by atoms with Crippen molar-refractivity contribution in [2.75, 3.05) is 36.5 Å². The van der Waals surface area contributed by atoms with Gasteiger partial charge in [0.25, 0.3) is 5.91 Å². The summed E-state index contributed by atoms with van der Waals surface area (Å²) in [6.07, 6.45) is 5.89. The van der Waals surface area contributed by atoms with E-state index in [9.17, 15) is 18.8 Å². The van der Waals surface area contributed by atoms with E-state index in [2.05, 4.69) is 25.0 Å². The molecule has 0 radical (unpaired) electrons. The number of nitrogens with zero attached hydrogens (tertiary/aromatic N) is 8. The van der Waals surface area contributed by atoms with Gasteiger partial charge in [-0.15, -0.1) is 5.10 Å². The second-order valence-corrected chi connectivity index (χ2v) is 15.0. The van der Waals surface area contributed by atoms with Crippen molar-refractivity contribution in [3.05, 3.63) is 107 Å². The van der Waals surface area contributed by atoms with Crippen LogP contribution in [0.1, 0.15) is 71.6 Å². The number of halogens is 2. The molecule has 4 aliphatic heterocycles. The average Bonchev–Trinajstić information content (AvgIpc) is 3.92. The highest BCUT2D eigenvalue weighted by atomic mass is 19.1. The van der Waals surface area contributed by atoms with Gasteiger partial charge in [-0.25, -0.2) is 23.3 Å². The Labute approximate surface area is 316 Å². The van der Waals surface area contributed by atoms with Crippen molar-refractivity contribution >= 4 is 35.0 Å². The number of carbonyl (C=O) groups is 3. The van der Waals surface area contributed by atoms with Crippen LogP contribution in [0.5, 0.6) is 0 Å². The minimum Gasteiger partial charge on any atom is -0.356 e. The molecular formula is C41H41F2N9O3. The lowest BCUT2D eigenvalue weighted by Gasteiger charge is -2.37. The van der Waals surface area contributed by atoms with Crippen LogP contribution in [0.25, 0.3) is 17.0 Å². The summed E-state index contributed by atoms with van der Waals surface area (Å²) in [5.74, 6) is -0.504. The maximum atomic E-state index is 15.4. The van der Waals surface area contributed by atoms with Crippen molar-refractivity contribution < 1.29 is 23.2 Å². The van der Waals surface area contributed by atoms with E-state index in [4.69, 9.17) is 10.1 Å². The first-order valence-electron chi connectivity index (χ1n) is 19.0. The maximum absolute atomic E-state index is 15.4. The highest BCUT2D eigenvalue weighted by Crippen LogP contribution is 2.36. The lowest BCUT2D eigenvalue weighted by atomic mass is 10.0. The molecular weight excluding hydrogens is 705 g/mol. The summed E-state index contributed by atoms with van der Waals surface area (Å²) in [7, 11) is 2.04. The topological polar surface area (TPSA) is 119 Å². The maximum Gasteiger partial charge on any atom is 0.258 e. The van der Waals surface area contributed by atoms with Crippen molar-refractivity contribution in [2.45, 2.75) is 69.7 Å². The number of nitrogens with one attached hydrogen (secondary N) is 1. The van der Waals surface area contributed by atoms with E-state index < -0.39 is 23.7 Å². The number of anilines is 2. The van der Waals surface area contributed by atoms with Gasteiger partial charge >= 0.3 is 0 Å². The second-order valence-electron chi connectivity index (χ2n) is 15.0. The standard InChI is InChI=1S/C41H41F2N9O3/c1-48(23-25-19-27-24-51(41(55)39(27)30(43)20-25)33-10-13-38(53)46-40(33)54)29-14-17-49(18-15-29)36-9-3-7-31(45-36)34-22-44-35-11-12-37(47-52(34)35)50-16-4-8-32(50)26-5-2-6-28(42)21-26/h2-3,5-7,9,11-12,19-22,29,32-33H,4,8,10,13-18,23-24H2,1H3,(H,46,53,54)/t32-,33?/m1/s1. The molecule has 4 aliphatic rings. The van der Waals surface area contributed by atoms with Crippen LogP contribution in [0, 0.1) is 11.6 Å². The predicted molar refractivity (Wildman–Crippen MR) is 201 cm³/mol. The zero-order valence-corrected chi connectivity index (χ0v) is 30.5. The van der Waals surface area contributed by atoms with Crippen LogP contribution in [0.15, 0.2) is 72.9 Å². The van der Waals surface area contributed by atoms with Crippen molar-refractivity contribution in [2.24, 2.45) is 0 Å². The van der Waals surface area contributed by atoms with Crippen LogP contribution >= 0.6 is 0 Å². The molecule has 3 saturated heterocycles. The second kappa shape index (κ2) is 14.1. The number of hydrogen-bond donors (Lipinski definition) is 1. The highest BCUT2D eigenvalue weighted by Gasteiger charge is 2.41. The Kier molecular flexibility index (Phi) is 8.99. The Balaban J connectivity index is 0.857. The lowest BCUT2D eigenvalue weighted by Crippen LogP contribution is -2.52. The summed E-state index contributed by atoms with van der Waals surface area (Å²) in [4.78, 5) is 55.0. The van der Waals surface area contributed by atoms with Gasteiger partial charge in [0.1, 0.15) is 35.0 Å². The first kappa shape index (κ1) is 35.0. The van der Waals surface area contributed by atoms with E-state index in [-0.39, 0.29) is 48.8 Å². The van der Waals surface area contributed by atoms with E-state index in [0.29, 0.717) is 12.1 Å². The molecule has 2 aromatic carbocycles. The smallest absolute Gasteiger partial charge is 0.258 e. The Morgan fingerprint density at radius 3 is 2.53 bits per heavy atom. The molecule has 282 valence electrons.